The predicted octanol–water partition coefficient (Wildman–Crippen LogP) is 0.945. The molecule has 3 heteroatoms. The van der Waals surface area contributed by atoms with E-state index in [0.717, 1.165) is 10.9 Å². The molecule has 0 saturated heterocycles. The van der Waals surface area contributed by atoms with Crippen molar-refractivity contribution in [3.63, 3.8) is 0 Å². The van der Waals surface area contributed by atoms with Crippen molar-refractivity contribution in [3.8, 4) is 0 Å². The second-order valence-corrected chi connectivity index (χ2v) is 2.05. The first-order valence-electron chi connectivity index (χ1n) is 2.97. The molecular formula is C7H6N3. The van der Waals surface area contributed by atoms with E-state index in [1.165, 1.54) is 0 Å². The van der Waals surface area contributed by atoms with Crippen molar-refractivity contribution >= 4 is 16.7 Å². The number of pyridine rings is 1. The lowest BCUT2D eigenvalue weighted by molar-refractivity contribution is 1.36. The van der Waals surface area contributed by atoms with E-state index in [1.54, 1.807) is 12.4 Å². The standard InChI is InChI=1S/C7H6N3/c8-7-5-1-3-9-6(5)2-4-10-7/h2-4,9H,(H2,8,10). The molecule has 0 unspecified atom stereocenters. The Morgan fingerprint density at radius 1 is 1.60 bits per heavy atom. The molecule has 10 heavy (non-hydrogen) atoms. The molecule has 0 amide bonds. The second kappa shape index (κ2) is 1.73. The van der Waals surface area contributed by atoms with Crippen molar-refractivity contribution in [2.45, 2.75) is 0 Å². The maximum Gasteiger partial charge on any atom is 0.133 e. The number of aromatic nitrogens is 2. The van der Waals surface area contributed by atoms with Gasteiger partial charge in [0, 0.05) is 23.8 Å². The van der Waals surface area contributed by atoms with Crippen LogP contribution in [0.2, 0.25) is 0 Å². The Labute approximate surface area is 57.9 Å². The first kappa shape index (κ1) is 5.29. The van der Waals surface area contributed by atoms with E-state index < -0.39 is 0 Å². The monoisotopic (exact) mass is 132 g/mol. The number of anilines is 1. The van der Waals surface area contributed by atoms with Crippen molar-refractivity contribution in [2.24, 2.45) is 0 Å². The normalized spacial score (nSPS) is 10.4. The summed E-state index contributed by atoms with van der Waals surface area (Å²) in [7, 11) is 0. The molecule has 0 saturated carbocycles. The Morgan fingerprint density at radius 3 is 3.30 bits per heavy atom. The zero-order valence-corrected chi connectivity index (χ0v) is 5.26. The molecule has 0 atom stereocenters. The minimum atomic E-state index is 0.527. The van der Waals surface area contributed by atoms with Crippen LogP contribution < -0.4 is 5.73 Å². The summed E-state index contributed by atoms with van der Waals surface area (Å²) in [5, 5.41) is 0.863. The van der Waals surface area contributed by atoms with Crippen LogP contribution in [0.5, 0.6) is 0 Å². The van der Waals surface area contributed by atoms with Gasteiger partial charge in [0.2, 0.25) is 0 Å². The molecule has 49 valence electrons. The van der Waals surface area contributed by atoms with Crippen LogP contribution in [-0.2, 0) is 0 Å². The predicted molar refractivity (Wildman–Crippen MR) is 39.3 cm³/mol. The van der Waals surface area contributed by atoms with Crippen molar-refractivity contribution < 1.29 is 0 Å². The highest BCUT2D eigenvalue weighted by Gasteiger charge is 1.96. The zero-order valence-electron chi connectivity index (χ0n) is 5.26. The van der Waals surface area contributed by atoms with Crippen LogP contribution in [0.3, 0.4) is 0 Å². The maximum atomic E-state index is 5.54. The number of hydrogen-bond donors (Lipinski definition) is 2. The summed E-state index contributed by atoms with van der Waals surface area (Å²) in [5.74, 6) is 0.527. The van der Waals surface area contributed by atoms with Gasteiger partial charge in [0.15, 0.2) is 0 Å². The molecule has 2 aromatic rings. The molecule has 1 radical (unpaired) electrons. The number of rotatable bonds is 0. The summed E-state index contributed by atoms with van der Waals surface area (Å²) in [4.78, 5) is 6.89. The zero-order chi connectivity index (χ0) is 6.97. The van der Waals surface area contributed by atoms with Gasteiger partial charge in [0.05, 0.1) is 5.52 Å². The van der Waals surface area contributed by atoms with Gasteiger partial charge in [-0.3, -0.25) is 0 Å². The van der Waals surface area contributed by atoms with Gasteiger partial charge in [-0.25, -0.2) is 4.98 Å². The molecule has 3 nitrogen and oxygen atoms in total. The van der Waals surface area contributed by atoms with Crippen molar-refractivity contribution in [1.82, 2.24) is 9.97 Å². The van der Waals surface area contributed by atoms with E-state index in [4.69, 9.17) is 5.73 Å². The number of hydrogen-bond acceptors (Lipinski definition) is 2. The van der Waals surface area contributed by atoms with Gasteiger partial charge in [-0.1, -0.05) is 0 Å². The third-order valence-electron chi connectivity index (χ3n) is 1.42. The maximum absolute atomic E-state index is 5.54. The largest absolute Gasteiger partial charge is 0.383 e. The lowest BCUT2D eigenvalue weighted by atomic mass is 10.3. The fourth-order valence-corrected chi connectivity index (χ4v) is 0.936. The molecule has 0 bridgehead atoms. The van der Waals surface area contributed by atoms with E-state index in [-0.39, 0.29) is 0 Å². The SMILES string of the molecule is Nc1nccc2[nH]c[c]c12. The summed E-state index contributed by atoms with van der Waals surface area (Å²) in [5.41, 5.74) is 6.52. The topological polar surface area (TPSA) is 54.7 Å². The smallest absolute Gasteiger partial charge is 0.133 e. The van der Waals surface area contributed by atoms with Crippen molar-refractivity contribution in [1.29, 1.82) is 0 Å². The van der Waals surface area contributed by atoms with Crippen LogP contribution in [-0.4, -0.2) is 9.97 Å². The number of aromatic amines is 1. The van der Waals surface area contributed by atoms with Gasteiger partial charge >= 0.3 is 0 Å². The highest BCUT2D eigenvalue weighted by Crippen LogP contribution is 2.14. The Hall–Kier alpha value is -1.51. The quantitative estimate of drug-likeness (QED) is 0.560. The highest BCUT2D eigenvalue weighted by atomic mass is 14.8. The Kier molecular flexibility index (Phi) is 0.917. The van der Waals surface area contributed by atoms with Crippen molar-refractivity contribution in [2.75, 3.05) is 5.73 Å². The average Bonchev–Trinajstić information content (AvgIpc) is 2.36. The summed E-state index contributed by atoms with van der Waals surface area (Å²) in [6, 6.07) is 4.81. The lowest BCUT2D eigenvalue weighted by Crippen LogP contribution is -1.88. The third-order valence-corrected chi connectivity index (χ3v) is 1.42. The summed E-state index contributed by atoms with van der Waals surface area (Å²) in [6.07, 6.45) is 3.39. The van der Waals surface area contributed by atoms with E-state index in [2.05, 4.69) is 16.0 Å². The first-order chi connectivity index (χ1) is 4.88. The van der Waals surface area contributed by atoms with Gasteiger partial charge < -0.3 is 10.7 Å². The second-order valence-electron chi connectivity index (χ2n) is 2.05. The summed E-state index contributed by atoms with van der Waals surface area (Å²) < 4.78 is 0. The fourth-order valence-electron chi connectivity index (χ4n) is 0.936. The fraction of sp³-hybridized carbons (Fsp3) is 0. The van der Waals surface area contributed by atoms with Crippen LogP contribution in [0.1, 0.15) is 0 Å². The lowest BCUT2D eigenvalue weighted by Gasteiger charge is -1.91. The minimum Gasteiger partial charge on any atom is -0.383 e. The van der Waals surface area contributed by atoms with Gasteiger partial charge in [-0.05, 0) is 6.07 Å². The van der Waals surface area contributed by atoms with Crippen LogP contribution in [0.25, 0.3) is 10.9 Å². The van der Waals surface area contributed by atoms with E-state index in [0.29, 0.717) is 5.82 Å². The van der Waals surface area contributed by atoms with Gasteiger partial charge in [0.25, 0.3) is 0 Å². The Morgan fingerprint density at radius 2 is 2.50 bits per heavy atom. The summed E-state index contributed by atoms with van der Waals surface area (Å²) in [6.45, 7) is 0. The van der Waals surface area contributed by atoms with E-state index >= 15 is 0 Å². The number of fused-ring (bicyclic) bond motifs is 1. The van der Waals surface area contributed by atoms with Crippen LogP contribution in [0.4, 0.5) is 5.82 Å². The van der Waals surface area contributed by atoms with Crippen LogP contribution >= 0.6 is 0 Å². The first-order valence-corrected chi connectivity index (χ1v) is 2.97. The molecule has 0 fully saturated rings. The molecule has 3 N–H and O–H groups in total. The molecule has 0 aliphatic carbocycles. The molecule has 0 aliphatic heterocycles. The van der Waals surface area contributed by atoms with Gasteiger partial charge in [-0.2, -0.15) is 0 Å². The van der Waals surface area contributed by atoms with Gasteiger partial charge in [-0.15, -0.1) is 0 Å². The molecule has 0 spiro atoms. The number of nitrogens with two attached hydrogens (primary N) is 1. The highest BCUT2D eigenvalue weighted by molar-refractivity contribution is 5.87. The molecule has 0 aromatic carbocycles. The Balaban J connectivity index is 2.95. The average molecular weight is 132 g/mol. The molecule has 0 aliphatic rings. The molecule has 2 aromatic heterocycles. The molecule has 2 rings (SSSR count). The van der Waals surface area contributed by atoms with E-state index in [1.807, 2.05) is 6.07 Å². The number of nitrogen functional groups attached to an aromatic ring is 1. The minimum absolute atomic E-state index is 0.527. The Bertz CT molecular complexity index is 350. The molecule has 2 heterocycles. The van der Waals surface area contributed by atoms with Crippen LogP contribution in [0, 0.1) is 6.07 Å². The number of nitrogens with zero attached hydrogens (tertiary/aromatic N) is 1. The van der Waals surface area contributed by atoms with Gasteiger partial charge in [0.1, 0.15) is 5.82 Å². The number of H-pyrrole nitrogens is 1. The van der Waals surface area contributed by atoms with Crippen LogP contribution in [0.15, 0.2) is 18.5 Å². The van der Waals surface area contributed by atoms with Crippen molar-refractivity contribution in [3.05, 3.63) is 24.5 Å². The van der Waals surface area contributed by atoms with E-state index in [9.17, 15) is 0 Å². The number of nitrogens with one attached hydrogen (secondary N) is 1. The summed E-state index contributed by atoms with van der Waals surface area (Å²) >= 11 is 0. The molecular weight excluding hydrogens is 126 g/mol. The third kappa shape index (κ3) is 0.572.